The summed E-state index contributed by atoms with van der Waals surface area (Å²) < 4.78 is 45.1. The lowest BCUT2D eigenvalue weighted by atomic mass is 10.2. The maximum Gasteiger partial charge on any atom is 0.490 e. The molecule has 13 nitrogen and oxygen atoms in total. The Balaban J connectivity index is 4.45. The predicted octanol–water partition coefficient (Wildman–Crippen LogP) is 0.306. The number of phosphoric ester groups is 1. The Morgan fingerprint density at radius 1 is 1.12 bits per heavy atom. The first-order valence-electron chi connectivity index (χ1n) is 6.98. The van der Waals surface area contributed by atoms with Crippen LogP contribution in [0.15, 0.2) is 0 Å². The molecule has 0 rings (SSSR count). The van der Waals surface area contributed by atoms with Crippen LogP contribution in [0.3, 0.4) is 0 Å². The molecule has 0 aromatic rings. The van der Waals surface area contributed by atoms with Gasteiger partial charge in [0.2, 0.25) is 5.91 Å². The average Bonchev–Trinajstić information content (AvgIpc) is 2.31. The lowest BCUT2D eigenvalue weighted by molar-refractivity contribution is -0.119. The molecule has 16 heteroatoms. The van der Waals surface area contributed by atoms with Crippen LogP contribution in [0.25, 0.3) is 0 Å². The molecule has 0 fully saturated rings. The lowest BCUT2D eigenvalue weighted by Crippen LogP contribution is -2.34. The van der Waals surface area contributed by atoms with Crippen molar-refractivity contribution in [2.45, 2.75) is 32.8 Å². The summed E-state index contributed by atoms with van der Waals surface area (Å²) in [6, 6.07) is 0. The summed E-state index contributed by atoms with van der Waals surface area (Å²) in [5.41, 5.74) is 5.08. The van der Waals surface area contributed by atoms with Crippen molar-refractivity contribution in [3.63, 3.8) is 0 Å². The van der Waals surface area contributed by atoms with E-state index in [4.69, 9.17) is 20.4 Å². The molecule has 0 aromatic heterocycles. The zero-order chi connectivity index (χ0) is 19.9. The molecule has 0 saturated heterocycles. The quantitative estimate of drug-likeness (QED) is 0.251. The third kappa shape index (κ3) is 13.7. The minimum atomic E-state index is -5.51. The van der Waals surface area contributed by atoms with Crippen LogP contribution in [0.4, 0.5) is 0 Å². The van der Waals surface area contributed by atoms with Crippen LogP contribution in [0.2, 0.25) is 0 Å². The van der Waals surface area contributed by atoms with Crippen molar-refractivity contribution in [3.8, 4) is 0 Å². The average molecular weight is 428 g/mol. The number of rotatable bonds is 13. The van der Waals surface area contributed by atoms with E-state index in [1.807, 2.05) is 6.92 Å². The molecule has 0 bridgehead atoms. The van der Waals surface area contributed by atoms with Crippen molar-refractivity contribution in [1.82, 2.24) is 4.90 Å². The number of hydrogen-bond donors (Lipinski definition) is 5. The lowest BCUT2D eigenvalue weighted by Gasteiger charge is -2.21. The third-order valence-electron chi connectivity index (χ3n) is 2.64. The normalized spacial score (nSPS) is 18.5. The first-order valence-corrected chi connectivity index (χ1v) is 11.5. The van der Waals surface area contributed by atoms with Crippen LogP contribution in [-0.4, -0.2) is 56.1 Å². The van der Waals surface area contributed by atoms with Gasteiger partial charge in [0.1, 0.15) is 0 Å². The van der Waals surface area contributed by atoms with Gasteiger partial charge in [-0.1, -0.05) is 6.92 Å². The Kier molecular flexibility index (Phi) is 10.2. The third-order valence-corrected chi connectivity index (χ3v) is 6.59. The van der Waals surface area contributed by atoms with Crippen LogP contribution >= 0.6 is 23.5 Å². The second kappa shape index (κ2) is 10.2. The van der Waals surface area contributed by atoms with Gasteiger partial charge in [-0.05, 0) is 32.9 Å². The molecule has 0 saturated carbocycles. The Hall–Kier alpha value is -0.160. The van der Waals surface area contributed by atoms with Crippen molar-refractivity contribution in [2.24, 2.45) is 5.73 Å². The van der Waals surface area contributed by atoms with E-state index in [0.29, 0.717) is 19.5 Å². The van der Waals surface area contributed by atoms with Crippen LogP contribution in [0, 0.1) is 0 Å². The number of nitrogens with two attached hydrogens (primary N) is 1. The monoisotopic (exact) mass is 428 g/mol. The van der Waals surface area contributed by atoms with Gasteiger partial charge in [0.15, 0.2) is 0 Å². The van der Waals surface area contributed by atoms with Gasteiger partial charge in [0.25, 0.3) is 0 Å². The van der Waals surface area contributed by atoms with Gasteiger partial charge in [-0.2, -0.15) is 8.62 Å². The van der Waals surface area contributed by atoms with Crippen LogP contribution < -0.4 is 5.73 Å². The van der Waals surface area contributed by atoms with Crippen molar-refractivity contribution >= 4 is 29.4 Å². The van der Waals surface area contributed by atoms with E-state index in [9.17, 15) is 23.4 Å². The molecule has 6 N–H and O–H groups in total. The molecule has 0 aliphatic rings. The molecular formula is C9H23N2O11P3. The predicted molar refractivity (Wildman–Crippen MR) is 85.0 cm³/mol. The number of likely N-dealkylation sites (N-methyl/N-ethyl adjacent to an activating group) is 1. The second-order valence-electron chi connectivity index (χ2n) is 4.98. The number of hydrogen-bond acceptors (Lipinski definition) is 8. The molecule has 0 aliphatic carbocycles. The molecule has 0 heterocycles. The topological polar surface area (TPSA) is 206 Å². The number of phosphoric acid groups is 3. The van der Waals surface area contributed by atoms with Gasteiger partial charge < -0.3 is 25.3 Å². The molecule has 3 unspecified atom stereocenters. The first-order chi connectivity index (χ1) is 11.2. The summed E-state index contributed by atoms with van der Waals surface area (Å²) in [6.07, 6.45) is -0.241. The van der Waals surface area contributed by atoms with Crippen LogP contribution in [-0.2, 0) is 31.6 Å². The SMILES string of the molecule is CCN(CCCC(C)OP(=O)(O)OP(=O)(O)OP(=O)(O)O)CC(N)=O. The fourth-order valence-electron chi connectivity index (χ4n) is 1.75. The minimum absolute atomic E-state index is 0.0563. The Morgan fingerprint density at radius 3 is 2.12 bits per heavy atom. The highest BCUT2D eigenvalue weighted by atomic mass is 31.3. The van der Waals surface area contributed by atoms with E-state index >= 15 is 0 Å². The summed E-state index contributed by atoms with van der Waals surface area (Å²) in [6.45, 7) is 4.26. The first kappa shape index (κ1) is 24.8. The van der Waals surface area contributed by atoms with E-state index in [0.717, 1.165) is 0 Å². The summed E-state index contributed by atoms with van der Waals surface area (Å²) in [5.74, 6) is -0.497. The summed E-state index contributed by atoms with van der Waals surface area (Å²) in [7, 11) is -16.1. The highest BCUT2D eigenvalue weighted by molar-refractivity contribution is 7.66. The zero-order valence-corrected chi connectivity index (χ0v) is 16.3. The standard InChI is InChI=1S/C9H23N2O11P3/c1-3-11(7-9(10)12)6-4-5-8(2)20-24(16,17)22-25(18,19)21-23(13,14)15/h8H,3-7H2,1-2H3,(H2,10,12)(H,16,17)(H,18,19)(H2,13,14,15). The van der Waals surface area contributed by atoms with Crippen molar-refractivity contribution in [1.29, 1.82) is 0 Å². The molecule has 25 heavy (non-hydrogen) atoms. The molecule has 0 aromatic carbocycles. The summed E-state index contributed by atoms with van der Waals surface area (Å²) in [4.78, 5) is 47.8. The Morgan fingerprint density at radius 2 is 1.68 bits per heavy atom. The maximum atomic E-state index is 11.6. The Labute approximate surface area is 144 Å². The molecule has 0 aliphatic heterocycles. The Bertz CT molecular complexity index is 579. The highest BCUT2D eigenvalue weighted by Gasteiger charge is 2.41. The zero-order valence-electron chi connectivity index (χ0n) is 13.6. The van der Waals surface area contributed by atoms with Crippen molar-refractivity contribution in [2.75, 3.05) is 19.6 Å². The van der Waals surface area contributed by atoms with E-state index < -0.39 is 35.5 Å². The van der Waals surface area contributed by atoms with Crippen molar-refractivity contribution < 1.29 is 51.2 Å². The van der Waals surface area contributed by atoms with E-state index in [1.54, 1.807) is 4.90 Å². The van der Waals surface area contributed by atoms with Gasteiger partial charge in [-0.3, -0.25) is 14.2 Å². The summed E-state index contributed by atoms with van der Waals surface area (Å²) >= 11 is 0. The number of carbonyl (C=O) groups is 1. The van der Waals surface area contributed by atoms with Gasteiger partial charge in [-0.25, -0.2) is 13.7 Å². The number of primary amides is 1. The molecule has 150 valence electrons. The molecule has 1 amide bonds. The fraction of sp³-hybridized carbons (Fsp3) is 0.889. The number of amides is 1. The molecular weight excluding hydrogens is 405 g/mol. The molecule has 0 radical (unpaired) electrons. The molecule has 0 spiro atoms. The fourth-order valence-corrected chi connectivity index (χ4v) is 4.97. The molecule has 3 atom stereocenters. The van der Waals surface area contributed by atoms with Crippen LogP contribution in [0.1, 0.15) is 26.7 Å². The van der Waals surface area contributed by atoms with Gasteiger partial charge in [0.05, 0.1) is 12.6 Å². The van der Waals surface area contributed by atoms with E-state index in [-0.39, 0.29) is 13.0 Å². The summed E-state index contributed by atoms with van der Waals surface area (Å²) in [5, 5.41) is 0. The van der Waals surface area contributed by atoms with E-state index in [2.05, 4.69) is 13.1 Å². The number of carbonyl (C=O) groups excluding carboxylic acids is 1. The minimum Gasteiger partial charge on any atom is -0.369 e. The largest absolute Gasteiger partial charge is 0.490 e. The van der Waals surface area contributed by atoms with Gasteiger partial charge in [-0.15, -0.1) is 0 Å². The van der Waals surface area contributed by atoms with E-state index in [1.165, 1.54) is 6.92 Å². The highest BCUT2D eigenvalue weighted by Crippen LogP contribution is 2.66. The second-order valence-corrected chi connectivity index (χ2v) is 9.36. The smallest absolute Gasteiger partial charge is 0.369 e. The van der Waals surface area contributed by atoms with Gasteiger partial charge >= 0.3 is 23.5 Å². The van der Waals surface area contributed by atoms with Gasteiger partial charge in [0, 0.05) is 0 Å². The maximum absolute atomic E-state index is 11.6. The number of nitrogens with zero attached hydrogens (tertiary/aromatic N) is 1. The van der Waals surface area contributed by atoms with Crippen molar-refractivity contribution in [3.05, 3.63) is 0 Å². The van der Waals surface area contributed by atoms with Crippen LogP contribution in [0.5, 0.6) is 0 Å².